The van der Waals surface area contributed by atoms with Crippen LogP contribution in [-0.2, 0) is 6.42 Å². The van der Waals surface area contributed by atoms with E-state index >= 15 is 0 Å². The van der Waals surface area contributed by atoms with Gasteiger partial charge in [-0.2, -0.15) is 0 Å². The van der Waals surface area contributed by atoms with E-state index in [1.807, 2.05) is 18.2 Å². The molecule has 44 heavy (non-hydrogen) atoms. The summed E-state index contributed by atoms with van der Waals surface area (Å²) in [5, 5.41) is 3.36. The number of nitrogens with one attached hydrogen (secondary N) is 1. The first-order valence-corrected chi connectivity index (χ1v) is 17.1. The van der Waals surface area contributed by atoms with Crippen LogP contribution < -0.4 is 25.0 Å². The van der Waals surface area contributed by atoms with Gasteiger partial charge in [0.05, 0.1) is 27.0 Å². The van der Waals surface area contributed by atoms with Crippen molar-refractivity contribution in [2.45, 2.75) is 18.9 Å². The molecule has 0 fully saturated rings. The fourth-order valence-corrected chi connectivity index (χ4v) is 6.80. The fraction of sp³-hybridized carbons (Fsp3) is 0.594. The van der Waals surface area contributed by atoms with Crippen LogP contribution in [0.25, 0.3) is 11.1 Å². The minimum Gasteiger partial charge on any atom is -0.493 e. The third-order valence-corrected chi connectivity index (χ3v) is 8.83. The van der Waals surface area contributed by atoms with E-state index in [1.165, 1.54) is 0 Å². The van der Waals surface area contributed by atoms with Crippen molar-refractivity contribution in [3.05, 3.63) is 45.6 Å². The summed E-state index contributed by atoms with van der Waals surface area (Å²) in [7, 11) is 6.98. The molecule has 1 unspecified atom stereocenters. The number of fused-ring (bicyclic) bond motifs is 3. The van der Waals surface area contributed by atoms with Gasteiger partial charge in [-0.15, -0.1) is 46.4 Å². The predicted molar refractivity (Wildman–Crippen MR) is 186 cm³/mol. The molecule has 0 spiro atoms. The van der Waals surface area contributed by atoms with Gasteiger partial charge in [0.15, 0.2) is 11.5 Å². The molecule has 0 saturated heterocycles. The SMILES string of the molecule is COc1cc2c(c(OC)c1OC)-c1ccc(NCCN(CCCl)CCCl)c(=O)cc1C(N(C)CCN(CCCl)CCCl)CC2. The number of anilines is 1. The van der Waals surface area contributed by atoms with E-state index in [1.54, 1.807) is 27.4 Å². The van der Waals surface area contributed by atoms with Crippen LogP contribution in [0.1, 0.15) is 23.6 Å². The van der Waals surface area contributed by atoms with E-state index < -0.39 is 0 Å². The number of ether oxygens (including phenoxy) is 3. The maximum atomic E-state index is 13.8. The number of hydrogen-bond acceptors (Lipinski definition) is 8. The smallest absolute Gasteiger partial charge is 0.203 e. The van der Waals surface area contributed by atoms with E-state index in [-0.39, 0.29) is 11.5 Å². The highest BCUT2D eigenvalue weighted by Crippen LogP contribution is 2.50. The Morgan fingerprint density at radius 1 is 0.795 bits per heavy atom. The van der Waals surface area contributed by atoms with Crippen LogP contribution in [0.3, 0.4) is 0 Å². The Hall–Kier alpha value is -1.65. The number of alkyl halides is 4. The Labute approximate surface area is 282 Å². The molecule has 246 valence electrons. The number of rotatable bonds is 19. The van der Waals surface area contributed by atoms with Crippen LogP contribution in [-0.4, -0.2) is 119 Å². The van der Waals surface area contributed by atoms with E-state index in [9.17, 15) is 4.79 Å². The van der Waals surface area contributed by atoms with Gasteiger partial charge in [0.1, 0.15) is 0 Å². The number of methoxy groups -OCH3 is 3. The van der Waals surface area contributed by atoms with E-state index in [4.69, 9.17) is 60.6 Å². The molecule has 8 nitrogen and oxygen atoms in total. The highest BCUT2D eigenvalue weighted by molar-refractivity contribution is 6.18. The fourth-order valence-electron chi connectivity index (χ4n) is 5.85. The van der Waals surface area contributed by atoms with Crippen LogP contribution in [0.4, 0.5) is 5.69 Å². The molecular formula is C32H46Cl4N4O4. The van der Waals surface area contributed by atoms with Crippen molar-refractivity contribution >= 4 is 52.1 Å². The molecule has 0 saturated carbocycles. The van der Waals surface area contributed by atoms with Gasteiger partial charge < -0.3 is 19.5 Å². The summed E-state index contributed by atoms with van der Waals surface area (Å²) in [5.41, 5.74) is 4.34. The second-order valence-electron chi connectivity index (χ2n) is 10.7. The quantitative estimate of drug-likeness (QED) is 0.190. The first-order chi connectivity index (χ1) is 21.4. The van der Waals surface area contributed by atoms with Gasteiger partial charge in [0, 0.05) is 87.5 Å². The van der Waals surface area contributed by atoms with Gasteiger partial charge in [0.2, 0.25) is 11.2 Å². The normalized spacial score (nSPS) is 14.4. The maximum absolute atomic E-state index is 13.8. The average Bonchev–Trinajstić information content (AvgIpc) is 3.27. The molecule has 0 radical (unpaired) electrons. The van der Waals surface area contributed by atoms with Gasteiger partial charge in [0.25, 0.3) is 0 Å². The lowest BCUT2D eigenvalue weighted by atomic mass is 9.95. The molecule has 2 aromatic rings. The molecule has 1 aliphatic carbocycles. The summed E-state index contributed by atoms with van der Waals surface area (Å²) in [6.07, 6.45) is 1.57. The van der Waals surface area contributed by atoms with Crippen LogP contribution in [0.2, 0.25) is 0 Å². The van der Waals surface area contributed by atoms with Gasteiger partial charge in [-0.05, 0) is 54.8 Å². The number of likely N-dealkylation sites (N-methyl/N-ethyl adjacent to an activating group) is 1. The number of hydrogen-bond donors (Lipinski definition) is 1. The molecule has 1 aliphatic rings. The minimum atomic E-state index is -0.0697. The van der Waals surface area contributed by atoms with E-state index in [0.717, 1.165) is 80.9 Å². The first-order valence-electron chi connectivity index (χ1n) is 15.0. The van der Waals surface area contributed by atoms with E-state index in [0.29, 0.717) is 53.0 Å². The van der Waals surface area contributed by atoms with Crippen molar-refractivity contribution in [2.75, 3.05) is 110 Å². The van der Waals surface area contributed by atoms with Gasteiger partial charge >= 0.3 is 0 Å². The number of halogens is 4. The molecule has 1 N–H and O–H groups in total. The van der Waals surface area contributed by atoms with Crippen molar-refractivity contribution in [3.8, 4) is 28.4 Å². The Balaban J connectivity index is 2.09. The maximum Gasteiger partial charge on any atom is 0.203 e. The minimum absolute atomic E-state index is 0.0242. The molecule has 0 aromatic heterocycles. The van der Waals surface area contributed by atoms with Crippen LogP contribution in [0.5, 0.6) is 17.2 Å². The molecule has 3 rings (SSSR count). The Morgan fingerprint density at radius 2 is 1.41 bits per heavy atom. The number of nitrogens with zero attached hydrogens (tertiary/aromatic N) is 3. The van der Waals surface area contributed by atoms with Crippen LogP contribution >= 0.6 is 46.4 Å². The van der Waals surface area contributed by atoms with Crippen molar-refractivity contribution in [1.82, 2.24) is 14.7 Å². The van der Waals surface area contributed by atoms with Crippen LogP contribution in [0, 0.1) is 0 Å². The summed E-state index contributed by atoms with van der Waals surface area (Å²) >= 11 is 24.1. The van der Waals surface area contributed by atoms with Crippen molar-refractivity contribution < 1.29 is 14.2 Å². The summed E-state index contributed by atoms with van der Waals surface area (Å²) in [6.45, 7) is 5.92. The zero-order valence-electron chi connectivity index (χ0n) is 26.3. The highest BCUT2D eigenvalue weighted by atomic mass is 35.5. The van der Waals surface area contributed by atoms with E-state index in [2.05, 4.69) is 27.1 Å². The third-order valence-electron chi connectivity index (χ3n) is 8.15. The Kier molecular flexibility index (Phi) is 16.0. The molecule has 0 aliphatic heterocycles. The van der Waals surface area contributed by atoms with Crippen molar-refractivity contribution in [1.29, 1.82) is 0 Å². The van der Waals surface area contributed by atoms with Gasteiger partial charge in [-0.1, -0.05) is 6.07 Å². The monoisotopic (exact) mass is 690 g/mol. The lowest BCUT2D eigenvalue weighted by Gasteiger charge is -2.30. The molecule has 0 bridgehead atoms. The topological polar surface area (TPSA) is 66.5 Å². The number of benzene rings is 1. The third kappa shape index (κ3) is 9.44. The molecule has 12 heteroatoms. The van der Waals surface area contributed by atoms with Crippen molar-refractivity contribution in [2.24, 2.45) is 0 Å². The first kappa shape index (κ1) is 36.8. The van der Waals surface area contributed by atoms with Crippen LogP contribution in [0.15, 0.2) is 29.1 Å². The largest absolute Gasteiger partial charge is 0.493 e. The standard InChI is InChI=1S/C32H46Cl4N4O4/c1-38(19-20-40(16-11-35)17-12-36)27-8-5-23-21-29(42-2)31(43-3)32(44-4)30(23)24-6-7-26(28(41)22-25(24)27)37-13-18-39(14-9-33)15-10-34/h6-7,21-22,27H,5,8-20H2,1-4H3,(H,37,41). The Bertz CT molecular complexity index is 1240. The number of aryl methyl sites for hydroxylation is 1. The second kappa shape index (κ2) is 19.1. The second-order valence-corrected chi connectivity index (χ2v) is 12.2. The Morgan fingerprint density at radius 3 is 1.98 bits per heavy atom. The lowest BCUT2D eigenvalue weighted by Crippen LogP contribution is -2.37. The summed E-state index contributed by atoms with van der Waals surface area (Å²) < 4.78 is 17.4. The molecular weight excluding hydrogens is 646 g/mol. The van der Waals surface area contributed by atoms with Crippen molar-refractivity contribution in [3.63, 3.8) is 0 Å². The van der Waals surface area contributed by atoms with Gasteiger partial charge in [-0.25, -0.2) is 0 Å². The predicted octanol–water partition coefficient (Wildman–Crippen LogP) is 5.63. The molecule has 0 heterocycles. The summed E-state index contributed by atoms with van der Waals surface area (Å²) in [5.74, 6) is 3.87. The lowest BCUT2D eigenvalue weighted by molar-refractivity contribution is 0.192. The average molecular weight is 693 g/mol. The van der Waals surface area contributed by atoms with Gasteiger partial charge in [-0.3, -0.25) is 19.5 Å². The summed E-state index contributed by atoms with van der Waals surface area (Å²) in [6, 6.07) is 7.69. The molecule has 1 atom stereocenters. The molecule has 0 amide bonds. The molecule has 2 aromatic carbocycles. The summed E-state index contributed by atoms with van der Waals surface area (Å²) in [4.78, 5) is 20.5. The highest BCUT2D eigenvalue weighted by Gasteiger charge is 2.30. The zero-order chi connectivity index (χ0) is 32.1. The zero-order valence-corrected chi connectivity index (χ0v) is 29.3.